The van der Waals surface area contributed by atoms with Crippen molar-refractivity contribution in [2.24, 2.45) is 0 Å². The minimum absolute atomic E-state index is 0.0610. The van der Waals surface area contributed by atoms with E-state index in [0.717, 1.165) is 12.0 Å². The van der Waals surface area contributed by atoms with Crippen LogP contribution in [0, 0.1) is 5.82 Å². The summed E-state index contributed by atoms with van der Waals surface area (Å²) in [6, 6.07) is 12.3. The molecule has 6 nitrogen and oxygen atoms in total. The number of amides is 1. The van der Waals surface area contributed by atoms with Crippen LogP contribution in [0.1, 0.15) is 24.5 Å². The lowest BCUT2D eigenvalue weighted by molar-refractivity contribution is -0.117. The van der Waals surface area contributed by atoms with E-state index in [0.29, 0.717) is 18.7 Å². The fourth-order valence-electron chi connectivity index (χ4n) is 3.59. The standard InChI is InChI=1S/C20H21FN2O4S/c21-16-5-3-15(4-6-16)19-14-22(12-13-27-19)28(25,26)18-9-7-17(8-10-18)23-11-1-2-20(23)24/h3-10,19H,1-2,11-14H2/t19-/m0/s1. The molecule has 8 heteroatoms. The van der Waals surface area contributed by atoms with Gasteiger partial charge in [0.2, 0.25) is 15.9 Å². The molecule has 0 N–H and O–H groups in total. The van der Waals surface area contributed by atoms with Crippen molar-refractivity contribution in [1.82, 2.24) is 4.31 Å². The maximum Gasteiger partial charge on any atom is 0.243 e. The van der Waals surface area contributed by atoms with Gasteiger partial charge >= 0.3 is 0 Å². The van der Waals surface area contributed by atoms with Crippen molar-refractivity contribution in [2.75, 3.05) is 31.1 Å². The normalized spacial score (nSPS) is 21.2. The van der Waals surface area contributed by atoms with Crippen molar-refractivity contribution in [3.05, 3.63) is 59.9 Å². The second-order valence-electron chi connectivity index (χ2n) is 6.92. The summed E-state index contributed by atoms with van der Waals surface area (Å²) in [5.41, 5.74) is 1.46. The lowest BCUT2D eigenvalue weighted by Gasteiger charge is -2.32. The highest BCUT2D eigenvalue weighted by Gasteiger charge is 2.32. The number of anilines is 1. The topological polar surface area (TPSA) is 66.9 Å². The van der Waals surface area contributed by atoms with Gasteiger partial charge < -0.3 is 9.64 Å². The second-order valence-corrected chi connectivity index (χ2v) is 8.85. The van der Waals surface area contributed by atoms with Gasteiger partial charge in [-0.15, -0.1) is 0 Å². The molecule has 2 aromatic carbocycles. The Kier molecular flexibility index (Phi) is 5.18. The summed E-state index contributed by atoms with van der Waals surface area (Å²) < 4.78 is 46.3. The summed E-state index contributed by atoms with van der Waals surface area (Å²) >= 11 is 0. The number of rotatable bonds is 4. The van der Waals surface area contributed by atoms with Crippen molar-refractivity contribution in [2.45, 2.75) is 23.8 Å². The molecule has 2 aliphatic heterocycles. The monoisotopic (exact) mass is 404 g/mol. The number of halogens is 1. The molecular formula is C20H21FN2O4S. The molecule has 0 aliphatic carbocycles. The lowest BCUT2D eigenvalue weighted by atomic mass is 10.1. The number of carbonyl (C=O) groups is 1. The minimum Gasteiger partial charge on any atom is -0.371 e. The molecule has 0 spiro atoms. The van der Waals surface area contributed by atoms with Crippen LogP contribution in [0.3, 0.4) is 0 Å². The van der Waals surface area contributed by atoms with Crippen LogP contribution in [-0.2, 0) is 19.6 Å². The first-order valence-corrected chi connectivity index (χ1v) is 10.7. The number of sulfonamides is 1. The van der Waals surface area contributed by atoms with Gasteiger partial charge in [0.05, 0.1) is 17.6 Å². The number of carbonyl (C=O) groups excluding carboxylic acids is 1. The Hall–Kier alpha value is -2.29. The van der Waals surface area contributed by atoms with Crippen LogP contribution in [0.25, 0.3) is 0 Å². The largest absolute Gasteiger partial charge is 0.371 e. The molecular weight excluding hydrogens is 383 g/mol. The molecule has 0 bridgehead atoms. The molecule has 148 valence electrons. The van der Waals surface area contributed by atoms with Gasteiger partial charge in [0, 0.05) is 31.7 Å². The summed E-state index contributed by atoms with van der Waals surface area (Å²) in [5, 5.41) is 0. The fraction of sp³-hybridized carbons (Fsp3) is 0.350. The zero-order valence-electron chi connectivity index (χ0n) is 15.3. The number of hydrogen-bond donors (Lipinski definition) is 0. The first kappa shape index (κ1) is 19.0. The van der Waals surface area contributed by atoms with Crippen molar-refractivity contribution in [1.29, 1.82) is 0 Å². The van der Waals surface area contributed by atoms with Gasteiger partial charge in [0.1, 0.15) is 5.82 Å². The molecule has 2 fully saturated rings. The van der Waals surface area contributed by atoms with Crippen LogP contribution in [0.15, 0.2) is 53.4 Å². The van der Waals surface area contributed by atoms with Gasteiger partial charge in [-0.25, -0.2) is 12.8 Å². The molecule has 0 radical (unpaired) electrons. The summed E-state index contributed by atoms with van der Waals surface area (Å²) in [7, 11) is -3.69. The van der Waals surface area contributed by atoms with E-state index < -0.39 is 16.1 Å². The highest BCUT2D eigenvalue weighted by atomic mass is 32.2. The van der Waals surface area contributed by atoms with Gasteiger partial charge in [-0.3, -0.25) is 4.79 Å². The predicted molar refractivity (Wildman–Crippen MR) is 102 cm³/mol. The Morgan fingerprint density at radius 2 is 1.71 bits per heavy atom. The average Bonchev–Trinajstić information content (AvgIpc) is 3.15. The highest BCUT2D eigenvalue weighted by Crippen LogP contribution is 2.28. The summed E-state index contributed by atoms with van der Waals surface area (Å²) in [5.74, 6) is -0.286. The van der Waals surface area contributed by atoms with Gasteiger partial charge in [-0.05, 0) is 48.4 Å². The van der Waals surface area contributed by atoms with Gasteiger partial charge in [0.15, 0.2) is 0 Å². The first-order chi connectivity index (χ1) is 13.4. The lowest BCUT2D eigenvalue weighted by Crippen LogP contribution is -2.42. The summed E-state index contributed by atoms with van der Waals surface area (Å²) in [6.45, 7) is 1.35. The van der Waals surface area contributed by atoms with Crippen molar-refractivity contribution < 1.29 is 22.3 Å². The van der Waals surface area contributed by atoms with E-state index in [9.17, 15) is 17.6 Å². The third kappa shape index (κ3) is 3.67. The van der Waals surface area contributed by atoms with Crippen molar-refractivity contribution in [3.8, 4) is 0 Å². The molecule has 1 amide bonds. The zero-order valence-corrected chi connectivity index (χ0v) is 16.1. The summed E-state index contributed by atoms with van der Waals surface area (Å²) in [6.07, 6.45) is 0.904. The molecule has 28 heavy (non-hydrogen) atoms. The van der Waals surface area contributed by atoms with E-state index in [2.05, 4.69) is 0 Å². The predicted octanol–water partition coefficient (Wildman–Crippen LogP) is 2.71. The average molecular weight is 404 g/mol. The van der Waals surface area contributed by atoms with E-state index in [1.165, 1.54) is 16.4 Å². The van der Waals surface area contributed by atoms with Gasteiger partial charge in [0.25, 0.3) is 0 Å². The number of morpholine rings is 1. The molecule has 2 saturated heterocycles. The Bertz CT molecular complexity index is 961. The van der Waals surface area contributed by atoms with Crippen LogP contribution in [-0.4, -0.2) is 44.9 Å². The van der Waals surface area contributed by atoms with E-state index in [1.807, 2.05) is 0 Å². The van der Waals surface area contributed by atoms with Crippen LogP contribution >= 0.6 is 0 Å². The molecule has 2 heterocycles. The number of ether oxygens (including phenoxy) is 1. The maximum atomic E-state index is 13.1. The van der Waals surface area contributed by atoms with E-state index in [4.69, 9.17) is 4.74 Å². The molecule has 0 aromatic heterocycles. The van der Waals surface area contributed by atoms with E-state index >= 15 is 0 Å². The third-order valence-electron chi connectivity index (χ3n) is 5.13. The zero-order chi connectivity index (χ0) is 19.7. The third-order valence-corrected chi connectivity index (χ3v) is 7.01. The first-order valence-electron chi connectivity index (χ1n) is 9.23. The van der Waals surface area contributed by atoms with E-state index in [1.54, 1.807) is 41.3 Å². The molecule has 0 unspecified atom stereocenters. The van der Waals surface area contributed by atoms with Crippen LogP contribution in [0.5, 0.6) is 0 Å². The second kappa shape index (κ2) is 7.62. The smallest absolute Gasteiger partial charge is 0.243 e. The molecule has 2 aliphatic rings. The number of hydrogen-bond acceptors (Lipinski definition) is 4. The molecule has 4 rings (SSSR count). The molecule has 0 saturated carbocycles. The number of nitrogens with zero attached hydrogens (tertiary/aromatic N) is 2. The Balaban J connectivity index is 1.52. The Morgan fingerprint density at radius 1 is 1.00 bits per heavy atom. The molecule has 1 atom stereocenters. The fourth-order valence-corrected chi connectivity index (χ4v) is 5.02. The minimum atomic E-state index is -3.69. The quantitative estimate of drug-likeness (QED) is 0.786. The van der Waals surface area contributed by atoms with Gasteiger partial charge in [-0.2, -0.15) is 4.31 Å². The summed E-state index contributed by atoms with van der Waals surface area (Å²) in [4.78, 5) is 13.7. The highest BCUT2D eigenvalue weighted by molar-refractivity contribution is 7.89. The van der Waals surface area contributed by atoms with E-state index in [-0.39, 0.29) is 36.3 Å². The van der Waals surface area contributed by atoms with Crippen LogP contribution in [0.4, 0.5) is 10.1 Å². The maximum absolute atomic E-state index is 13.1. The van der Waals surface area contributed by atoms with Crippen LogP contribution in [0.2, 0.25) is 0 Å². The molecule has 2 aromatic rings. The van der Waals surface area contributed by atoms with Crippen molar-refractivity contribution in [3.63, 3.8) is 0 Å². The SMILES string of the molecule is O=C1CCCN1c1ccc(S(=O)(=O)N2CCO[C@H](c3ccc(F)cc3)C2)cc1. The van der Waals surface area contributed by atoms with Gasteiger partial charge in [-0.1, -0.05) is 12.1 Å². The van der Waals surface area contributed by atoms with Crippen molar-refractivity contribution >= 4 is 21.6 Å². The number of benzene rings is 2. The van der Waals surface area contributed by atoms with Crippen LogP contribution < -0.4 is 4.90 Å². The Labute approximate surface area is 163 Å². The Morgan fingerprint density at radius 3 is 2.36 bits per heavy atom.